The summed E-state index contributed by atoms with van der Waals surface area (Å²) in [5, 5.41) is 8.86. The molecule has 0 aromatic carbocycles. The first kappa shape index (κ1) is 13.7. The number of hydrogen-bond acceptors (Lipinski definition) is 5. The monoisotopic (exact) mass is 258 g/mol. The number of hydrazine groups is 1. The van der Waals surface area contributed by atoms with Crippen LogP contribution in [0.5, 0.6) is 0 Å². The molecule has 1 amide bonds. The van der Waals surface area contributed by atoms with Crippen LogP contribution in [0.15, 0.2) is 0 Å². The summed E-state index contributed by atoms with van der Waals surface area (Å²) < 4.78 is 11.3. The molecule has 0 radical (unpaired) electrons. The number of amides is 1. The molecule has 104 valence electrons. The molecule has 2 aliphatic heterocycles. The Morgan fingerprint density at radius 2 is 2.28 bits per heavy atom. The van der Waals surface area contributed by atoms with E-state index in [9.17, 15) is 4.79 Å². The van der Waals surface area contributed by atoms with Crippen molar-refractivity contribution in [1.29, 1.82) is 0 Å². The summed E-state index contributed by atoms with van der Waals surface area (Å²) in [5.74, 6) is -0.613. The molecule has 3 atom stereocenters. The van der Waals surface area contributed by atoms with E-state index in [2.05, 4.69) is 10.9 Å². The first-order valence-electron chi connectivity index (χ1n) is 6.50. The largest absolute Gasteiger partial charge is 0.396 e. The number of ether oxygens (including phenoxy) is 2. The van der Waals surface area contributed by atoms with Gasteiger partial charge in [0.15, 0.2) is 5.79 Å². The second kappa shape index (κ2) is 5.52. The van der Waals surface area contributed by atoms with E-state index in [1.807, 2.05) is 13.8 Å². The molecule has 6 heteroatoms. The van der Waals surface area contributed by atoms with E-state index in [1.54, 1.807) is 0 Å². The lowest BCUT2D eigenvalue weighted by Crippen LogP contribution is -2.36. The summed E-state index contributed by atoms with van der Waals surface area (Å²) in [6, 6.07) is 0.0477. The predicted molar refractivity (Wildman–Crippen MR) is 64.4 cm³/mol. The number of carbonyl (C=O) groups excluding carboxylic acids is 1. The van der Waals surface area contributed by atoms with Gasteiger partial charge in [0.2, 0.25) is 5.91 Å². The van der Waals surface area contributed by atoms with Gasteiger partial charge < -0.3 is 14.6 Å². The minimum absolute atomic E-state index is 0.00613. The quantitative estimate of drug-likeness (QED) is 0.643. The van der Waals surface area contributed by atoms with Gasteiger partial charge >= 0.3 is 0 Å². The van der Waals surface area contributed by atoms with Gasteiger partial charge in [0, 0.05) is 12.6 Å². The molecule has 2 rings (SSSR count). The number of rotatable bonds is 5. The zero-order chi connectivity index (χ0) is 13.2. The van der Waals surface area contributed by atoms with Crippen molar-refractivity contribution in [1.82, 2.24) is 10.9 Å². The molecule has 2 aliphatic rings. The zero-order valence-corrected chi connectivity index (χ0v) is 10.9. The minimum atomic E-state index is -0.526. The second-order valence-corrected chi connectivity index (χ2v) is 5.40. The van der Waals surface area contributed by atoms with Gasteiger partial charge in [-0.1, -0.05) is 0 Å². The fourth-order valence-corrected chi connectivity index (χ4v) is 2.57. The SMILES string of the molecule is CC1(C)OC[C@H](C[C@@H]2NNC(=O)C2CCCO)O1. The van der Waals surface area contributed by atoms with E-state index in [-0.39, 0.29) is 30.6 Å². The Bertz CT molecular complexity index is 308. The molecule has 2 heterocycles. The Morgan fingerprint density at radius 3 is 2.89 bits per heavy atom. The predicted octanol–water partition coefficient (Wildman–Crippen LogP) is -0.0803. The normalized spacial score (nSPS) is 34.8. The van der Waals surface area contributed by atoms with Crippen molar-refractivity contribution in [3.63, 3.8) is 0 Å². The zero-order valence-electron chi connectivity index (χ0n) is 10.9. The van der Waals surface area contributed by atoms with E-state index in [1.165, 1.54) is 0 Å². The summed E-state index contributed by atoms with van der Waals surface area (Å²) in [6.07, 6.45) is 2.08. The highest BCUT2D eigenvalue weighted by Gasteiger charge is 2.39. The van der Waals surface area contributed by atoms with Gasteiger partial charge in [0.25, 0.3) is 0 Å². The van der Waals surface area contributed by atoms with Crippen LogP contribution >= 0.6 is 0 Å². The maximum atomic E-state index is 11.7. The standard InChI is InChI=1S/C12H22N2O4/c1-12(2)17-7-8(18-12)6-10-9(4-3-5-15)11(16)14-13-10/h8-10,13,15H,3-7H2,1-2H3,(H,14,16)/t8-,9?,10-/m0/s1. The fourth-order valence-electron chi connectivity index (χ4n) is 2.57. The van der Waals surface area contributed by atoms with Gasteiger partial charge in [0.1, 0.15) is 0 Å². The summed E-state index contributed by atoms with van der Waals surface area (Å²) in [4.78, 5) is 11.7. The van der Waals surface area contributed by atoms with E-state index in [0.717, 1.165) is 6.42 Å². The molecule has 18 heavy (non-hydrogen) atoms. The van der Waals surface area contributed by atoms with Crippen LogP contribution in [0.3, 0.4) is 0 Å². The van der Waals surface area contributed by atoms with Crippen molar-refractivity contribution in [3.8, 4) is 0 Å². The van der Waals surface area contributed by atoms with Crippen molar-refractivity contribution < 1.29 is 19.4 Å². The Labute approximate surface area is 107 Å². The molecule has 0 saturated carbocycles. The lowest BCUT2D eigenvalue weighted by Gasteiger charge is -2.21. The van der Waals surface area contributed by atoms with E-state index >= 15 is 0 Å². The highest BCUT2D eigenvalue weighted by Crippen LogP contribution is 2.28. The van der Waals surface area contributed by atoms with E-state index in [0.29, 0.717) is 19.4 Å². The minimum Gasteiger partial charge on any atom is -0.396 e. The molecule has 3 N–H and O–H groups in total. The lowest BCUT2D eigenvalue weighted by molar-refractivity contribution is -0.139. The Hall–Kier alpha value is -0.690. The molecule has 0 spiro atoms. The van der Waals surface area contributed by atoms with Gasteiger partial charge in [-0.2, -0.15) is 0 Å². The van der Waals surface area contributed by atoms with Gasteiger partial charge in [0.05, 0.1) is 18.6 Å². The van der Waals surface area contributed by atoms with Gasteiger partial charge in [-0.15, -0.1) is 0 Å². The van der Waals surface area contributed by atoms with E-state index < -0.39 is 5.79 Å². The molecule has 2 fully saturated rings. The smallest absolute Gasteiger partial charge is 0.238 e. The van der Waals surface area contributed by atoms with Crippen LogP contribution in [-0.4, -0.2) is 42.2 Å². The topological polar surface area (TPSA) is 79.8 Å². The third-order valence-electron chi connectivity index (χ3n) is 3.46. The van der Waals surface area contributed by atoms with Crippen LogP contribution in [0.4, 0.5) is 0 Å². The highest BCUT2D eigenvalue weighted by atomic mass is 16.7. The van der Waals surface area contributed by atoms with Crippen LogP contribution < -0.4 is 10.9 Å². The molecule has 0 aromatic rings. The van der Waals surface area contributed by atoms with Crippen molar-refractivity contribution >= 4 is 5.91 Å². The Kier molecular flexibility index (Phi) is 4.21. The average molecular weight is 258 g/mol. The van der Waals surface area contributed by atoms with Crippen LogP contribution in [0, 0.1) is 5.92 Å². The number of hydrogen-bond donors (Lipinski definition) is 3. The van der Waals surface area contributed by atoms with E-state index in [4.69, 9.17) is 14.6 Å². The molecular formula is C12H22N2O4. The third kappa shape index (κ3) is 3.20. The van der Waals surface area contributed by atoms with Crippen molar-refractivity contribution in [2.24, 2.45) is 5.92 Å². The van der Waals surface area contributed by atoms with Gasteiger partial charge in [-0.05, 0) is 33.1 Å². The maximum Gasteiger partial charge on any atom is 0.238 e. The first-order valence-corrected chi connectivity index (χ1v) is 6.50. The van der Waals surface area contributed by atoms with Crippen molar-refractivity contribution in [2.75, 3.05) is 13.2 Å². The molecule has 6 nitrogen and oxygen atoms in total. The summed E-state index contributed by atoms with van der Waals surface area (Å²) in [5.41, 5.74) is 5.66. The van der Waals surface area contributed by atoms with Gasteiger partial charge in [-0.25, -0.2) is 5.43 Å². The lowest BCUT2D eigenvalue weighted by atomic mass is 9.92. The fraction of sp³-hybridized carbons (Fsp3) is 0.917. The Balaban J connectivity index is 1.86. The molecule has 0 aromatic heterocycles. The maximum absolute atomic E-state index is 11.7. The molecule has 0 aliphatic carbocycles. The average Bonchev–Trinajstić information content (AvgIpc) is 2.81. The highest BCUT2D eigenvalue weighted by molar-refractivity contribution is 5.80. The molecule has 0 bridgehead atoms. The van der Waals surface area contributed by atoms with Crippen LogP contribution in [0.2, 0.25) is 0 Å². The number of aliphatic hydroxyl groups is 1. The molecule has 2 saturated heterocycles. The first-order chi connectivity index (χ1) is 8.52. The summed E-state index contributed by atoms with van der Waals surface area (Å²) in [6.45, 7) is 4.46. The van der Waals surface area contributed by atoms with Crippen LogP contribution in [-0.2, 0) is 14.3 Å². The molecule has 1 unspecified atom stereocenters. The summed E-state index contributed by atoms with van der Waals surface area (Å²) >= 11 is 0. The van der Waals surface area contributed by atoms with Crippen molar-refractivity contribution in [2.45, 2.75) is 51.0 Å². The summed E-state index contributed by atoms with van der Waals surface area (Å²) in [7, 11) is 0. The van der Waals surface area contributed by atoms with Crippen LogP contribution in [0.25, 0.3) is 0 Å². The van der Waals surface area contributed by atoms with Crippen LogP contribution in [0.1, 0.15) is 33.1 Å². The van der Waals surface area contributed by atoms with Crippen molar-refractivity contribution in [3.05, 3.63) is 0 Å². The Morgan fingerprint density at radius 1 is 1.50 bits per heavy atom. The number of carbonyl (C=O) groups is 1. The number of aliphatic hydroxyl groups excluding tert-OH is 1. The molecular weight excluding hydrogens is 236 g/mol. The second-order valence-electron chi connectivity index (χ2n) is 5.40. The third-order valence-corrected chi connectivity index (χ3v) is 3.46. The number of nitrogens with one attached hydrogen (secondary N) is 2. The van der Waals surface area contributed by atoms with Gasteiger partial charge in [-0.3, -0.25) is 10.2 Å².